The molecule has 2 fully saturated rings. The van der Waals surface area contributed by atoms with Crippen molar-refractivity contribution < 1.29 is 9.53 Å². The van der Waals surface area contributed by atoms with E-state index in [0.717, 1.165) is 6.54 Å². The van der Waals surface area contributed by atoms with Crippen LogP contribution in [-0.2, 0) is 9.53 Å². The highest BCUT2D eigenvalue weighted by molar-refractivity contribution is 5.81. The molecule has 1 N–H and O–H groups in total. The average Bonchev–Trinajstić information content (AvgIpc) is 2.58. The van der Waals surface area contributed by atoms with Gasteiger partial charge in [-0.05, 0) is 38.1 Å². The molecule has 3 nitrogen and oxygen atoms in total. The zero-order valence-electron chi connectivity index (χ0n) is 9.01. The quantitative estimate of drug-likeness (QED) is 0.644. The molecule has 3 atom stereocenters. The Bertz CT molecular complexity index is 241. The van der Waals surface area contributed by atoms with Gasteiger partial charge >= 0.3 is 5.97 Å². The monoisotopic (exact) mass is 197 g/mol. The van der Waals surface area contributed by atoms with E-state index < -0.39 is 5.54 Å². The molecule has 1 heterocycles. The zero-order valence-corrected chi connectivity index (χ0v) is 9.01. The molecule has 14 heavy (non-hydrogen) atoms. The molecule has 0 radical (unpaired) electrons. The number of carbonyl (C=O) groups is 1. The van der Waals surface area contributed by atoms with E-state index in [2.05, 4.69) is 5.32 Å². The molecule has 0 aromatic rings. The van der Waals surface area contributed by atoms with E-state index >= 15 is 0 Å². The number of fused-ring (bicyclic) bond motifs is 1. The third-order valence-corrected chi connectivity index (χ3v) is 3.99. The van der Waals surface area contributed by atoms with Gasteiger partial charge in [0.2, 0.25) is 0 Å². The van der Waals surface area contributed by atoms with E-state index in [4.69, 9.17) is 4.74 Å². The SMILES string of the molecule is COC(=O)C1(C)NCC2CCCCC21. The smallest absolute Gasteiger partial charge is 0.326 e. The maximum atomic E-state index is 11.7. The van der Waals surface area contributed by atoms with Crippen molar-refractivity contribution >= 4 is 5.97 Å². The predicted octanol–water partition coefficient (Wildman–Crippen LogP) is 1.33. The Morgan fingerprint density at radius 2 is 2.14 bits per heavy atom. The van der Waals surface area contributed by atoms with Crippen LogP contribution in [0, 0.1) is 11.8 Å². The highest BCUT2D eigenvalue weighted by atomic mass is 16.5. The van der Waals surface area contributed by atoms with Crippen LogP contribution in [0.25, 0.3) is 0 Å². The summed E-state index contributed by atoms with van der Waals surface area (Å²) in [7, 11) is 1.48. The van der Waals surface area contributed by atoms with Gasteiger partial charge in [0, 0.05) is 0 Å². The van der Waals surface area contributed by atoms with Gasteiger partial charge in [-0.2, -0.15) is 0 Å². The Labute approximate surface area is 85.2 Å². The summed E-state index contributed by atoms with van der Waals surface area (Å²) in [6, 6.07) is 0. The summed E-state index contributed by atoms with van der Waals surface area (Å²) >= 11 is 0. The Hall–Kier alpha value is -0.570. The fourth-order valence-corrected chi connectivity index (χ4v) is 3.12. The summed E-state index contributed by atoms with van der Waals surface area (Å²) in [6.07, 6.45) is 5.02. The van der Waals surface area contributed by atoms with Crippen LogP contribution in [0.3, 0.4) is 0 Å². The predicted molar refractivity (Wildman–Crippen MR) is 53.9 cm³/mol. The minimum atomic E-state index is -0.417. The summed E-state index contributed by atoms with van der Waals surface area (Å²) in [6.45, 7) is 2.98. The lowest BCUT2D eigenvalue weighted by Gasteiger charge is -2.33. The zero-order chi connectivity index (χ0) is 10.2. The summed E-state index contributed by atoms with van der Waals surface area (Å²) in [5.74, 6) is 1.09. The molecule has 0 bridgehead atoms. The van der Waals surface area contributed by atoms with Gasteiger partial charge in [-0.3, -0.25) is 4.79 Å². The van der Waals surface area contributed by atoms with E-state index in [9.17, 15) is 4.79 Å². The lowest BCUT2D eigenvalue weighted by molar-refractivity contribution is -0.149. The number of hydrogen-bond acceptors (Lipinski definition) is 3. The molecule has 1 saturated carbocycles. The molecule has 3 unspecified atom stereocenters. The molecule has 80 valence electrons. The van der Waals surface area contributed by atoms with Crippen LogP contribution >= 0.6 is 0 Å². The Morgan fingerprint density at radius 1 is 1.43 bits per heavy atom. The fourth-order valence-electron chi connectivity index (χ4n) is 3.12. The first-order valence-electron chi connectivity index (χ1n) is 5.52. The fraction of sp³-hybridized carbons (Fsp3) is 0.909. The van der Waals surface area contributed by atoms with Gasteiger partial charge < -0.3 is 10.1 Å². The van der Waals surface area contributed by atoms with Crippen LogP contribution in [0.15, 0.2) is 0 Å². The van der Waals surface area contributed by atoms with Gasteiger partial charge in [-0.25, -0.2) is 0 Å². The number of methoxy groups -OCH3 is 1. The number of carbonyl (C=O) groups excluding carboxylic acids is 1. The van der Waals surface area contributed by atoms with Gasteiger partial charge in [-0.1, -0.05) is 12.8 Å². The van der Waals surface area contributed by atoms with Gasteiger partial charge in [0.25, 0.3) is 0 Å². The number of nitrogens with one attached hydrogen (secondary N) is 1. The average molecular weight is 197 g/mol. The molecule has 2 rings (SSSR count). The van der Waals surface area contributed by atoms with E-state index in [-0.39, 0.29) is 5.97 Å². The van der Waals surface area contributed by atoms with Crippen molar-refractivity contribution in [3.05, 3.63) is 0 Å². The molecule has 0 spiro atoms. The number of hydrogen-bond donors (Lipinski definition) is 1. The maximum Gasteiger partial charge on any atom is 0.326 e. The second kappa shape index (κ2) is 3.54. The lowest BCUT2D eigenvalue weighted by atomic mass is 9.73. The first-order chi connectivity index (χ1) is 6.68. The van der Waals surface area contributed by atoms with Crippen molar-refractivity contribution in [3.8, 4) is 0 Å². The van der Waals surface area contributed by atoms with E-state index in [1.807, 2.05) is 6.92 Å². The van der Waals surface area contributed by atoms with Crippen molar-refractivity contribution in [3.63, 3.8) is 0 Å². The van der Waals surface area contributed by atoms with Crippen LogP contribution < -0.4 is 5.32 Å². The van der Waals surface area contributed by atoms with Gasteiger partial charge in [0.15, 0.2) is 0 Å². The minimum absolute atomic E-state index is 0.0908. The topological polar surface area (TPSA) is 38.3 Å². The van der Waals surface area contributed by atoms with Crippen molar-refractivity contribution in [1.82, 2.24) is 5.32 Å². The van der Waals surface area contributed by atoms with E-state index in [0.29, 0.717) is 11.8 Å². The molecule has 1 aliphatic carbocycles. The van der Waals surface area contributed by atoms with Gasteiger partial charge in [0.1, 0.15) is 5.54 Å². The number of rotatable bonds is 1. The number of esters is 1. The molecule has 1 aliphatic heterocycles. The number of ether oxygens (including phenoxy) is 1. The molecule has 0 aromatic heterocycles. The van der Waals surface area contributed by atoms with Crippen molar-refractivity contribution in [1.29, 1.82) is 0 Å². The molecular weight excluding hydrogens is 178 g/mol. The van der Waals surface area contributed by atoms with Crippen LogP contribution in [0.1, 0.15) is 32.6 Å². The first-order valence-corrected chi connectivity index (χ1v) is 5.52. The van der Waals surface area contributed by atoms with Gasteiger partial charge in [0.05, 0.1) is 7.11 Å². The largest absolute Gasteiger partial charge is 0.468 e. The van der Waals surface area contributed by atoms with Crippen LogP contribution in [0.2, 0.25) is 0 Å². The standard InChI is InChI=1S/C11H19NO2/c1-11(10(13)14-2)9-6-4-3-5-8(9)7-12-11/h8-9,12H,3-7H2,1-2H3. The molecule has 3 heteroatoms. The van der Waals surface area contributed by atoms with E-state index in [1.54, 1.807) is 0 Å². The highest BCUT2D eigenvalue weighted by Gasteiger charge is 2.51. The maximum absolute atomic E-state index is 11.7. The third-order valence-electron chi connectivity index (χ3n) is 3.99. The molecule has 0 amide bonds. The van der Waals surface area contributed by atoms with Crippen molar-refractivity contribution in [2.24, 2.45) is 11.8 Å². The summed E-state index contributed by atoms with van der Waals surface area (Å²) < 4.78 is 4.88. The molecule has 0 aromatic carbocycles. The van der Waals surface area contributed by atoms with E-state index in [1.165, 1.54) is 32.8 Å². The summed E-state index contributed by atoms with van der Waals surface area (Å²) in [5.41, 5.74) is -0.417. The van der Waals surface area contributed by atoms with Gasteiger partial charge in [-0.15, -0.1) is 0 Å². The lowest BCUT2D eigenvalue weighted by Crippen LogP contribution is -2.50. The van der Waals surface area contributed by atoms with Crippen LogP contribution in [0.5, 0.6) is 0 Å². The van der Waals surface area contributed by atoms with Crippen molar-refractivity contribution in [2.75, 3.05) is 13.7 Å². The van der Waals surface area contributed by atoms with Crippen LogP contribution in [0.4, 0.5) is 0 Å². The Balaban J connectivity index is 2.16. The molecule has 1 saturated heterocycles. The molecule has 2 aliphatic rings. The summed E-state index contributed by atoms with van der Waals surface area (Å²) in [4.78, 5) is 11.7. The minimum Gasteiger partial charge on any atom is -0.468 e. The second-order valence-electron chi connectivity index (χ2n) is 4.73. The second-order valence-corrected chi connectivity index (χ2v) is 4.73. The van der Waals surface area contributed by atoms with Crippen molar-refractivity contribution in [2.45, 2.75) is 38.1 Å². The molecular formula is C11H19NO2. The summed E-state index contributed by atoms with van der Waals surface area (Å²) in [5, 5.41) is 3.35. The Kier molecular flexibility index (Phi) is 2.52. The first kappa shape index (κ1) is 9.97. The van der Waals surface area contributed by atoms with Crippen LogP contribution in [-0.4, -0.2) is 25.2 Å². The normalized spacial score (nSPS) is 41.9. The Morgan fingerprint density at radius 3 is 2.86 bits per heavy atom. The third kappa shape index (κ3) is 1.34. The highest BCUT2D eigenvalue weighted by Crippen LogP contribution is 2.41.